The number of fused-ring (bicyclic) bond motifs is 1. The van der Waals surface area contributed by atoms with Gasteiger partial charge in [0.05, 0.1) is 30.6 Å². The van der Waals surface area contributed by atoms with Crippen LogP contribution in [0.15, 0.2) is 72.0 Å². The van der Waals surface area contributed by atoms with Gasteiger partial charge in [-0.15, -0.1) is 0 Å². The fraction of sp³-hybridized carbons (Fsp3) is 0.0870. The molecule has 0 radical (unpaired) electrons. The Balaban J connectivity index is 1.27. The van der Waals surface area contributed by atoms with Gasteiger partial charge in [0.1, 0.15) is 17.3 Å². The molecule has 31 heavy (non-hydrogen) atoms. The Morgan fingerprint density at radius 3 is 2.68 bits per heavy atom. The minimum atomic E-state index is -0.921. The Morgan fingerprint density at radius 1 is 1.00 bits per heavy atom. The van der Waals surface area contributed by atoms with Gasteiger partial charge >= 0.3 is 0 Å². The van der Waals surface area contributed by atoms with Gasteiger partial charge in [0.25, 0.3) is 0 Å². The standard InChI is InChI=1S/C23H17F2N5O/c24-18-5-3-4-17(22(18)25)23-28-19-12-27-30(14-20(19)29-23)13-15-7-9-16(10-8-15)31-21-6-1-2-11-26-21/h1-12H,13-14H2,(H,28,29). The average Bonchev–Trinajstić information content (AvgIpc) is 3.21. The molecule has 8 heteroatoms. The van der Waals surface area contributed by atoms with Crippen LogP contribution >= 0.6 is 0 Å². The number of rotatable bonds is 5. The van der Waals surface area contributed by atoms with E-state index in [1.807, 2.05) is 41.4 Å². The quantitative estimate of drug-likeness (QED) is 0.502. The molecule has 0 aliphatic carbocycles. The minimum absolute atomic E-state index is 0.0952. The average molecular weight is 417 g/mol. The lowest BCUT2D eigenvalue weighted by molar-refractivity contribution is 0.265. The van der Waals surface area contributed by atoms with E-state index in [1.165, 1.54) is 12.1 Å². The molecule has 0 spiro atoms. The summed E-state index contributed by atoms with van der Waals surface area (Å²) >= 11 is 0. The SMILES string of the molecule is Fc1cccc(-c2nc3c([nH]2)CN(Cc2ccc(Oc4ccccn4)cc2)N=C3)c1F. The highest BCUT2D eigenvalue weighted by molar-refractivity contribution is 5.80. The van der Waals surface area contributed by atoms with Gasteiger partial charge in [-0.3, -0.25) is 5.01 Å². The molecule has 0 saturated carbocycles. The first-order chi connectivity index (χ1) is 15.2. The number of hydrazone groups is 1. The number of aromatic nitrogens is 3. The molecule has 0 saturated heterocycles. The molecule has 0 bridgehead atoms. The molecule has 1 N–H and O–H groups in total. The van der Waals surface area contributed by atoms with Crippen molar-refractivity contribution in [2.75, 3.05) is 0 Å². The highest BCUT2D eigenvalue weighted by Crippen LogP contribution is 2.26. The molecule has 0 fully saturated rings. The molecule has 154 valence electrons. The maximum atomic E-state index is 14.1. The topological polar surface area (TPSA) is 66.4 Å². The van der Waals surface area contributed by atoms with Crippen LogP contribution in [0.4, 0.5) is 8.78 Å². The third kappa shape index (κ3) is 4.00. The summed E-state index contributed by atoms with van der Waals surface area (Å²) < 4.78 is 33.3. The van der Waals surface area contributed by atoms with Crippen LogP contribution in [0.25, 0.3) is 11.4 Å². The van der Waals surface area contributed by atoms with Crippen LogP contribution in [0.3, 0.4) is 0 Å². The van der Waals surface area contributed by atoms with Crippen LogP contribution in [0.5, 0.6) is 11.6 Å². The molecule has 2 aromatic heterocycles. The largest absolute Gasteiger partial charge is 0.439 e. The fourth-order valence-electron chi connectivity index (χ4n) is 3.32. The van der Waals surface area contributed by atoms with Crippen LogP contribution in [-0.4, -0.2) is 26.2 Å². The summed E-state index contributed by atoms with van der Waals surface area (Å²) in [6.07, 6.45) is 3.30. The number of hydrogen-bond donors (Lipinski definition) is 1. The van der Waals surface area contributed by atoms with Crippen LogP contribution in [0, 0.1) is 11.6 Å². The molecule has 1 aliphatic rings. The van der Waals surface area contributed by atoms with Gasteiger partial charge in [0.2, 0.25) is 5.88 Å². The van der Waals surface area contributed by atoms with Crippen molar-refractivity contribution < 1.29 is 13.5 Å². The van der Waals surface area contributed by atoms with Crippen molar-refractivity contribution in [1.82, 2.24) is 20.0 Å². The predicted molar refractivity (Wildman–Crippen MR) is 112 cm³/mol. The Kier molecular flexibility index (Phi) is 4.87. The normalized spacial score (nSPS) is 12.6. The first-order valence-electron chi connectivity index (χ1n) is 9.66. The van der Waals surface area contributed by atoms with Crippen LogP contribution in [-0.2, 0) is 13.1 Å². The zero-order valence-electron chi connectivity index (χ0n) is 16.3. The number of pyridine rings is 1. The number of imidazole rings is 1. The van der Waals surface area contributed by atoms with E-state index < -0.39 is 11.6 Å². The number of halogens is 2. The summed E-state index contributed by atoms with van der Waals surface area (Å²) in [5.74, 6) is -0.310. The summed E-state index contributed by atoms with van der Waals surface area (Å²) in [5.41, 5.74) is 2.56. The second-order valence-corrected chi connectivity index (χ2v) is 7.03. The van der Waals surface area contributed by atoms with Gasteiger partial charge in [0.15, 0.2) is 11.6 Å². The van der Waals surface area contributed by atoms with E-state index in [1.54, 1.807) is 18.5 Å². The van der Waals surface area contributed by atoms with Gasteiger partial charge in [-0.2, -0.15) is 5.10 Å². The number of nitrogens with one attached hydrogen (secondary N) is 1. The highest BCUT2D eigenvalue weighted by atomic mass is 19.2. The number of ether oxygens (including phenoxy) is 1. The number of aromatic amines is 1. The number of benzene rings is 2. The van der Waals surface area contributed by atoms with E-state index in [9.17, 15) is 8.78 Å². The van der Waals surface area contributed by atoms with E-state index in [2.05, 4.69) is 20.1 Å². The van der Waals surface area contributed by atoms with Crippen molar-refractivity contribution in [3.8, 4) is 23.0 Å². The second-order valence-electron chi connectivity index (χ2n) is 7.03. The van der Waals surface area contributed by atoms with Crippen molar-refractivity contribution in [1.29, 1.82) is 0 Å². The number of H-pyrrole nitrogens is 1. The second kappa shape index (κ2) is 7.98. The Bertz CT molecular complexity index is 1240. The summed E-state index contributed by atoms with van der Waals surface area (Å²) in [6, 6.07) is 17.2. The predicted octanol–water partition coefficient (Wildman–Crippen LogP) is 4.89. The monoisotopic (exact) mass is 417 g/mol. The van der Waals surface area contributed by atoms with Crippen molar-refractivity contribution in [3.05, 3.63) is 95.4 Å². The zero-order valence-corrected chi connectivity index (χ0v) is 16.3. The van der Waals surface area contributed by atoms with Gasteiger partial charge in [0, 0.05) is 12.3 Å². The van der Waals surface area contributed by atoms with E-state index in [0.29, 0.717) is 30.4 Å². The third-order valence-corrected chi connectivity index (χ3v) is 4.85. The lowest BCUT2D eigenvalue weighted by Gasteiger charge is -2.21. The smallest absolute Gasteiger partial charge is 0.219 e. The van der Waals surface area contributed by atoms with Crippen LogP contribution < -0.4 is 4.74 Å². The first kappa shape index (κ1) is 18.9. The molecule has 0 unspecified atom stereocenters. The summed E-state index contributed by atoms with van der Waals surface area (Å²) in [7, 11) is 0. The summed E-state index contributed by atoms with van der Waals surface area (Å²) in [4.78, 5) is 11.6. The lowest BCUT2D eigenvalue weighted by Crippen LogP contribution is -2.21. The molecule has 2 aromatic carbocycles. The molecule has 4 aromatic rings. The van der Waals surface area contributed by atoms with Crippen LogP contribution in [0.1, 0.15) is 17.0 Å². The lowest BCUT2D eigenvalue weighted by atomic mass is 10.2. The highest BCUT2D eigenvalue weighted by Gasteiger charge is 2.20. The van der Waals surface area contributed by atoms with Crippen molar-refractivity contribution in [3.63, 3.8) is 0 Å². The Labute approximate surface area is 176 Å². The number of nitrogens with zero attached hydrogens (tertiary/aromatic N) is 4. The number of hydrogen-bond acceptors (Lipinski definition) is 5. The molecule has 5 rings (SSSR count). The Hall–Kier alpha value is -4.07. The molecule has 0 atom stereocenters. The zero-order chi connectivity index (χ0) is 21.2. The molecule has 3 heterocycles. The van der Waals surface area contributed by atoms with E-state index in [0.717, 1.165) is 17.3 Å². The van der Waals surface area contributed by atoms with Gasteiger partial charge in [-0.05, 0) is 35.9 Å². The van der Waals surface area contributed by atoms with E-state index >= 15 is 0 Å². The van der Waals surface area contributed by atoms with Gasteiger partial charge in [-0.25, -0.2) is 18.7 Å². The van der Waals surface area contributed by atoms with Crippen molar-refractivity contribution in [2.24, 2.45) is 5.10 Å². The Morgan fingerprint density at radius 2 is 1.87 bits per heavy atom. The van der Waals surface area contributed by atoms with Crippen molar-refractivity contribution >= 4 is 6.21 Å². The minimum Gasteiger partial charge on any atom is -0.439 e. The first-order valence-corrected chi connectivity index (χ1v) is 9.66. The fourth-order valence-corrected chi connectivity index (χ4v) is 3.32. The van der Waals surface area contributed by atoms with E-state index in [4.69, 9.17) is 4.74 Å². The molecular formula is C23H17F2N5O. The van der Waals surface area contributed by atoms with E-state index in [-0.39, 0.29) is 11.4 Å². The maximum absolute atomic E-state index is 14.1. The molecule has 6 nitrogen and oxygen atoms in total. The van der Waals surface area contributed by atoms with Crippen molar-refractivity contribution in [2.45, 2.75) is 13.1 Å². The van der Waals surface area contributed by atoms with Gasteiger partial charge < -0.3 is 9.72 Å². The molecular weight excluding hydrogens is 400 g/mol. The molecule has 0 amide bonds. The summed E-state index contributed by atoms with van der Waals surface area (Å²) in [6.45, 7) is 1.05. The molecule has 1 aliphatic heterocycles. The summed E-state index contributed by atoms with van der Waals surface area (Å²) in [5, 5.41) is 6.28. The third-order valence-electron chi connectivity index (χ3n) is 4.85. The van der Waals surface area contributed by atoms with Crippen LogP contribution in [0.2, 0.25) is 0 Å². The maximum Gasteiger partial charge on any atom is 0.219 e. The van der Waals surface area contributed by atoms with Gasteiger partial charge in [-0.1, -0.05) is 24.3 Å².